The van der Waals surface area contributed by atoms with Crippen LogP contribution >= 0.6 is 0 Å². The molecule has 0 saturated heterocycles. The van der Waals surface area contributed by atoms with Gasteiger partial charge in [-0.15, -0.1) is 0 Å². The molecule has 4 nitrogen and oxygen atoms in total. The Morgan fingerprint density at radius 3 is 2.04 bits per heavy atom. The summed E-state index contributed by atoms with van der Waals surface area (Å²) < 4.78 is 6.20. The Labute approximate surface area is 146 Å². The van der Waals surface area contributed by atoms with Gasteiger partial charge in [0, 0.05) is 25.2 Å². The molecule has 2 aromatic carbocycles. The molecule has 4 rings (SSSR count). The van der Waals surface area contributed by atoms with Crippen LogP contribution in [-0.4, -0.2) is 19.1 Å². The number of aromatic nitrogens is 1. The molecule has 0 fully saturated rings. The van der Waals surface area contributed by atoms with Gasteiger partial charge in [0.25, 0.3) is 0 Å². The van der Waals surface area contributed by atoms with E-state index in [4.69, 9.17) is 4.42 Å². The molecule has 0 bridgehead atoms. The van der Waals surface area contributed by atoms with Gasteiger partial charge in [-0.1, -0.05) is 60.7 Å². The molecule has 4 heteroatoms. The van der Waals surface area contributed by atoms with Crippen LogP contribution in [0.15, 0.2) is 71.3 Å². The zero-order valence-corrected chi connectivity index (χ0v) is 14.2. The van der Waals surface area contributed by atoms with Gasteiger partial charge in [-0.3, -0.25) is 0 Å². The normalized spacial score (nSPS) is 10.8. The molecule has 0 aliphatic rings. The molecule has 0 amide bonds. The third-order valence-electron chi connectivity index (χ3n) is 4.34. The smallest absolute Gasteiger partial charge is 0.229 e. The first-order valence-corrected chi connectivity index (χ1v) is 8.25. The van der Waals surface area contributed by atoms with E-state index in [0.717, 1.165) is 39.2 Å². The van der Waals surface area contributed by atoms with E-state index in [1.165, 1.54) is 0 Å². The van der Waals surface area contributed by atoms with E-state index in [9.17, 15) is 0 Å². The molecule has 0 saturated carbocycles. The lowest BCUT2D eigenvalue weighted by Gasteiger charge is -2.10. The number of fused-ring (bicyclic) bond motifs is 1. The molecular weight excluding hydrogens is 310 g/mol. The summed E-state index contributed by atoms with van der Waals surface area (Å²) in [4.78, 5) is 4.52. The van der Waals surface area contributed by atoms with Crippen molar-refractivity contribution in [3.63, 3.8) is 0 Å². The highest BCUT2D eigenvalue weighted by atomic mass is 16.3. The van der Waals surface area contributed by atoms with Crippen LogP contribution in [0.4, 0.5) is 11.4 Å². The van der Waals surface area contributed by atoms with E-state index >= 15 is 0 Å². The summed E-state index contributed by atoms with van der Waals surface area (Å²) in [7, 11) is 3.81. The summed E-state index contributed by atoms with van der Waals surface area (Å²) in [6.45, 7) is 0. The van der Waals surface area contributed by atoms with E-state index in [-0.39, 0.29) is 0 Å². The van der Waals surface area contributed by atoms with Gasteiger partial charge in [-0.25, -0.2) is 4.98 Å². The SMILES string of the molecule is CNc1cnc2oc(-c3ccccc3)c(-c3ccccc3)c2c1NC. The second-order valence-corrected chi connectivity index (χ2v) is 5.77. The summed E-state index contributed by atoms with van der Waals surface area (Å²) in [6, 6.07) is 20.4. The number of hydrogen-bond donors (Lipinski definition) is 2. The van der Waals surface area contributed by atoms with Crippen molar-refractivity contribution < 1.29 is 4.42 Å². The standard InChI is InChI=1S/C21H19N3O/c1-22-16-13-24-21-18(19(16)23-2)17(14-9-5-3-6-10-14)20(25-21)15-11-7-4-8-12-15/h3-13,22H,1-2H3,(H,23,24). The predicted molar refractivity (Wildman–Crippen MR) is 104 cm³/mol. The van der Waals surface area contributed by atoms with Crippen molar-refractivity contribution in [3.8, 4) is 22.5 Å². The second kappa shape index (κ2) is 6.32. The zero-order valence-electron chi connectivity index (χ0n) is 14.2. The molecule has 0 spiro atoms. The molecule has 0 radical (unpaired) electrons. The quantitative estimate of drug-likeness (QED) is 0.537. The van der Waals surface area contributed by atoms with Crippen LogP contribution in [0.3, 0.4) is 0 Å². The van der Waals surface area contributed by atoms with E-state index in [1.807, 2.05) is 50.5 Å². The molecule has 4 aromatic rings. The summed E-state index contributed by atoms with van der Waals surface area (Å²) >= 11 is 0. The van der Waals surface area contributed by atoms with Gasteiger partial charge in [-0.05, 0) is 5.56 Å². The number of nitrogens with zero attached hydrogens (tertiary/aromatic N) is 1. The van der Waals surface area contributed by atoms with Crippen LogP contribution < -0.4 is 10.6 Å². The Balaban J connectivity index is 2.13. The highest BCUT2D eigenvalue weighted by Gasteiger charge is 2.22. The molecule has 0 atom stereocenters. The monoisotopic (exact) mass is 329 g/mol. The highest BCUT2D eigenvalue weighted by molar-refractivity contribution is 6.09. The van der Waals surface area contributed by atoms with Crippen LogP contribution in [0.1, 0.15) is 0 Å². The van der Waals surface area contributed by atoms with E-state index < -0.39 is 0 Å². The van der Waals surface area contributed by atoms with Gasteiger partial charge >= 0.3 is 0 Å². The van der Waals surface area contributed by atoms with Crippen molar-refractivity contribution in [1.82, 2.24) is 4.98 Å². The molecule has 0 aliphatic heterocycles. The third-order valence-corrected chi connectivity index (χ3v) is 4.34. The van der Waals surface area contributed by atoms with Crippen LogP contribution in [0.5, 0.6) is 0 Å². The number of pyridine rings is 1. The van der Waals surface area contributed by atoms with E-state index in [0.29, 0.717) is 5.71 Å². The van der Waals surface area contributed by atoms with E-state index in [2.05, 4.69) is 39.9 Å². The Hall–Kier alpha value is -3.27. The van der Waals surface area contributed by atoms with Crippen molar-refractivity contribution in [2.24, 2.45) is 0 Å². The van der Waals surface area contributed by atoms with Crippen molar-refractivity contribution in [2.45, 2.75) is 0 Å². The number of nitrogens with one attached hydrogen (secondary N) is 2. The fourth-order valence-corrected chi connectivity index (χ4v) is 3.19. The van der Waals surface area contributed by atoms with Gasteiger partial charge in [0.1, 0.15) is 5.76 Å². The van der Waals surface area contributed by atoms with Crippen LogP contribution in [0.25, 0.3) is 33.6 Å². The van der Waals surface area contributed by atoms with Crippen molar-refractivity contribution >= 4 is 22.5 Å². The maximum absolute atomic E-state index is 6.20. The lowest BCUT2D eigenvalue weighted by molar-refractivity contribution is 0.619. The molecule has 124 valence electrons. The fourth-order valence-electron chi connectivity index (χ4n) is 3.19. The zero-order chi connectivity index (χ0) is 17.2. The maximum Gasteiger partial charge on any atom is 0.229 e. The topological polar surface area (TPSA) is 50.1 Å². The first kappa shape index (κ1) is 15.3. The van der Waals surface area contributed by atoms with Crippen molar-refractivity contribution in [1.29, 1.82) is 0 Å². The number of benzene rings is 2. The van der Waals surface area contributed by atoms with Crippen LogP contribution in [0, 0.1) is 0 Å². The van der Waals surface area contributed by atoms with Crippen LogP contribution in [0.2, 0.25) is 0 Å². The average molecular weight is 329 g/mol. The maximum atomic E-state index is 6.20. The summed E-state index contributed by atoms with van der Waals surface area (Å²) in [5, 5.41) is 7.49. The Morgan fingerprint density at radius 2 is 1.44 bits per heavy atom. The number of rotatable bonds is 4. The number of furan rings is 1. The highest BCUT2D eigenvalue weighted by Crippen LogP contribution is 2.44. The third kappa shape index (κ3) is 2.52. The molecule has 2 N–H and O–H groups in total. The van der Waals surface area contributed by atoms with Gasteiger partial charge in [0.15, 0.2) is 0 Å². The molecule has 2 heterocycles. The summed E-state index contributed by atoms with van der Waals surface area (Å²) in [5.41, 5.74) is 5.74. The first-order chi connectivity index (χ1) is 12.3. The molecule has 25 heavy (non-hydrogen) atoms. The predicted octanol–water partition coefficient (Wildman–Crippen LogP) is 5.25. The minimum Gasteiger partial charge on any atom is -0.437 e. The Kier molecular flexibility index (Phi) is 3.86. The van der Waals surface area contributed by atoms with Gasteiger partial charge < -0.3 is 15.1 Å². The average Bonchev–Trinajstić information content (AvgIpc) is 3.08. The molecule has 0 aliphatic carbocycles. The van der Waals surface area contributed by atoms with Gasteiger partial charge in [-0.2, -0.15) is 0 Å². The Bertz CT molecular complexity index is 1010. The van der Waals surface area contributed by atoms with Gasteiger partial charge in [0.2, 0.25) is 5.71 Å². The molecule has 0 unspecified atom stereocenters. The van der Waals surface area contributed by atoms with E-state index in [1.54, 1.807) is 6.20 Å². The molecule has 2 aromatic heterocycles. The van der Waals surface area contributed by atoms with Gasteiger partial charge in [0.05, 0.1) is 23.0 Å². The number of hydrogen-bond acceptors (Lipinski definition) is 4. The molecular formula is C21H19N3O. The minimum atomic E-state index is 0.626. The second-order valence-electron chi connectivity index (χ2n) is 5.77. The largest absolute Gasteiger partial charge is 0.437 e. The van der Waals surface area contributed by atoms with Crippen molar-refractivity contribution in [2.75, 3.05) is 24.7 Å². The lowest BCUT2D eigenvalue weighted by atomic mass is 9.98. The minimum absolute atomic E-state index is 0.626. The Morgan fingerprint density at radius 1 is 0.800 bits per heavy atom. The van der Waals surface area contributed by atoms with Crippen molar-refractivity contribution in [3.05, 3.63) is 66.9 Å². The fraction of sp³-hybridized carbons (Fsp3) is 0.0952. The summed E-state index contributed by atoms with van der Waals surface area (Å²) in [5.74, 6) is 0.832. The van der Waals surface area contributed by atoms with Crippen LogP contribution in [-0.2, 0) is 0 Å². The lowest BCUT2D eigenvalue weighted by Crippen LogP contribution is -1.98. The summed E-state index contributed by atoms with van der Waals surface area (Å²) in [6.07, 6.45) is 1.79. The number of anilines is 2. The first-order valence-electron chi connectivity index (χ1n) is 8.25.